The molecule has 7 nitrogen and oxygen atoms in total. The van der Waals surface area contributed by atoms with E-state index in [1.807, 2.05) is 5.32 Å². The fraction of sp³-hybridized carbons (Fsp3) is 0.667. The van der Waals surface area contributed by atoms with Crippen molar-refractivity contribution in [1.82, 2.24) is 20.2 Å². The molecule has 90 valence electrons. The lowest BCUT2D eigenvalue weighted by Crippen LogP contribution is -2.59. The lowest BCUT2D eigenvalue weighted by molar-refractivity contribution is -0.184. The molecule has 10 heteroatoms. The van der Waals surface area contributed by atoms with E-state index in [9.17, 15) is 18.0 Å². The van der Waals surface area contributed by atoms with E-state index in [4.69, 9.17) is 5.73 Å². The smallest absolute Gasteiger partial charge is 0.310 e. The number of amides is 1. The third-order valence-electron chi connectivity index (χ3n) is 1.79. The summed E-state index contributed by atoms with van der Waals surface area (Å²) in [6, 6.07) is 0. The fourth-order valence-corrected chi connectivity index (χ4v) is 0.694. The van der Waals surface area contributed by atoms with Gasteiger partial charge >= 0.3 is 6.18 Å². The van der Waals surface area contributed by atoms with Crippen LogP contribution in [-0.2, 0) is 11.8 Å². The van der Waals surface area contributed by atoms with Crippen LogP contribution in [0, 0.1) is 0 Å². The molecule has 0 radical (unpaired) electrons. The van der Waals surface area contributed by atoms with Crippen LogP contribution in [0.5, 0.6) is 0 Å². The van der Waals surface area contributed by atoms with Gasteiger partial charge in [0.2, 0.25) is 0 Å². The molecule has 0 aliphatic carbocycles. The average molecular weight is 238 g/mol. The maximum Gasteiger partial charge on any atom is 0.415 e. The first-order chi connectivity index (χ1) is 7.14. The molecule has 0 aromatic carbocycles. The van der Waals surface area contributed by atoms with Crippen LogP contribution in [0.15, 0.2) is 0 Å². The molecule has 0 aliphatic rings. The van der Waals surface area contributed by atoms with Crippen molar-refractivity contribution in [3.05, 3.63) is 0 Å². The SMILES string of the molecule is Cn1nnc(NC(=O)C(C)(N)C(F)(F)F)n1. The van der Waals surface area contributed by atoms with Crippen molar-refractivity contribution in [1.29, 1.82) is 0 Å². The first-order valence-electron chi connectivity index (χ1n) is 4.05. The molecule has 1 atom stereocenters. The topological polar surface area (TPSA) is 98.7 Å². The van der Waals surface area contributed by atoms with Crippen LogP contribution in [0.2, 0.25) is 0 Å². The van der Waals surface area contributed by atoms with Gasteiger partial charge in [0.15, 0.2) is 5.54 Å². The van der Waals surface area contributed by atoms with Crippen LogP contribution in [-0.4, -0.2) is 37.8 Å². The van der Waals surface area contributed by atoms with Crippen LogP contribution >= 0.6 is 0 Å². The molecule has 0 aliphatic heterocycles. The molecule has 16 heavy (non-hydrogen) atoms. The van der Waals surface area contributed by atoms with Crippen molar-refractivity contribution >= 4 is 11.9 Å². The van der Waals surface area contributed by atoms with Gasteiger partial charge in [-0.05, 0) is 12.1 Å². The summed E-state index contributed by atoms with van der Waals surface area (Å²) >= 11 is 0. The number of nitrogens with zero attached hydrogens (tertiary/aromatic N) is 4. The van der Waals surface area contributed by atoms with Crippen molar-refractivity contribution in [2.24, 2.45) is 12.8 Å². The molecule has 1 unspecified atom stereocenters. The number of rotatable bonds is 2. The zero-order valence-corrected chi connectivity index (χ0v) is 8.41. The Kier molecular flexibility index (Phi) is 2.86. The van der Waals surface area contributed by atoms with E-state index in [1.165, 1.54) is 7.05 Å². The summed E-state index contributed by atoms with van der Waals surface area (Å²) < 4.78 is 37.0. The second kappa shape index (κ2) is 3.70. The van der Waals surface area contributed by atoms with Gasteiger partial charge in [-0.3, -0.25) is 10.1 Å². The minimum Gasteiger partial charge on any atom is -0.310 e. The van der Waals surface area contributed by atoms with Crippen molar-refractivity contribution < 1.29 is 18.0 Å². The van der Waals surface area contributed by atoms with Gasteiger partial charge in [0, 0.05) is 0 Å². The average Bonchev–Trinajstić information content (AvgIpc) is 2.49. The second-order valence-electron chi connectivity index (χ2n) is 3.26. The molecular weight excluding hydrogens is 229 g/mol. The highest BCUT2D eigenvalue weighted by Crippen LogP contribution is 2.28. The number of anilines is 1. The van der Waals surface area contributed by atoms with Gasteiger partial charge in [0.1, 0.15) is 0 Å². The van der Waals surface area contributed by atoms with E-state index < -0.39 is 17.6 Å². The minimum absolute atomic E-state index is 0.339. The van der Waals surface area contributed by atoms with E-state index in [0.29, 0.717) is 6.92 Å². The molecule has 0 spiro atoms. The van der Waals surface area contributed by atoms with Gasteiger partial charge in [-0.25, -0.2) is 0 Å². The van der Waals surface area contributed by atoms with Gasteiger partial charge in [0.05, 0.1) is 7.05 Å². The van der Waals surface area contributed by atoms with E-state index in [2.05, 4.69) is 15.4 Å². The van der Waals surface area contributed by atoms with Gasteiger partial charge in [-0.15, -0.1) is 5.10 Å². The Morgan fingerprint density at radius 3 is 2.44 bits per heavy atom. The van der Waals surface area contributed by atoms with E-state index in [0.717, 1.165) is 4.80 Å². The number of carbonyl (C=O) groups excluding carboxylic acids is 1. The first-order valence-corrected chi connectivity index (χ1v) is 4.05. The molecule has 0 bridgehead atoms. The van der Waals surface area contributed by atoms with Crippen LogP contribution in [0.25, 0.3) is 0 Å². The molecule has 1 aromatic rings. The molecule has 0 fully saturated rings. The highest BCUT2D eigenvalue weighted by Gasteiger charge is 2.54. The number of hydrogen-bond acceptors (Lipinski definition) is 5. The molecule has 1 rings (SSSR count). The molecule has 1 amide bonds. The number of carbonyl (C=O) groups is 1. The number of nitrogens with two attached hydrogens (primary N) is 1. The van der Waals surface area contributed by atoms with Crippen LogP contribution in [0.4, 0.5) is 19.1 Å². The van der Waals surface area contributed by atoms with Crippen molar-refractivity contribution in [2.75, 3.05) is 5.32 Å². The Labute approximate surface area is 87.8 Å². The van der Waals surface area contributed by atoms with Crippen LogP contribution in [0.1, 0.15) is 6.92 Å². The summed E-state index contributed by atoms with van der Waals surface area (Å²) in [5.74, 6) is -1.79. The monoisotopic (exact) mass is 238 g/mol. The Balaban J connectivity index is 2.80. The summed E-state index contributed by atoms with van der Waals surface area (Å²) in [4.78, 5) is 12.2. The molecule has 1 heterocycles. The summed E-state index contributed by atoms with van der Waals surface area (Å²) in [5, 5.41) is 11.9. The Morgan fingerprint density at radius 1 is 1.50 bits per heavy atom. The fourth-order valence-electron chi connectivity index (χ4n) is 0.694. The van der Waals surface area contributed by atoms with Gasteiger partial charge in [0.25, 0.3) is 11.9 Å². The van der Waals surface area contributed by atoms with Crippen molar-refractivity contribution in [3.8, 4) is 0 Å². The zero-order chi connectivity index (χ0) is 12.6. The lowest BCUT2D eigenvalue weighted by atomic mass is 10.0. The molecule has 0 saturated carbocycles. The van der Waals surface area contributed by atoms with Crippen LogP contribution in [0.3, 0.4) is 0 Å². The predicted octanol–water partition coefficient (Wildman–Crippen LogP) is -0.572. The Bertz CT molecular complexity index is 397. The van der Waals surface area contributed by atoms with E-state index in [1.54, 1.807) is 0 Å². The number of alkyl halides is 3. The largest absolute Gasteiger partial charge is 0.415 e. The normalized spacial score (nSPS) is 15.6. The highest BCUT2D eigenvalue weighted by molar-refractivity contribution is 5.97. The summed E-state index contributed by atoms with van der Waals surface area (Å²) in [6.07, 6.45) is -4.86. The van der Waals surface area contributed by atoms with Gasteiger partial charge < -0.3 is 5.73 Å². The predicted molar refractivity (Wildman–Crippen MR) is 46.1 cm³/mol. The van der Waals surface area contributed by atoms with E-state index >= 15 is 0 Å². The molecule has 0 saturated heterocycles. The molecule has 1 aromatic heterocycles. The van der Waals surface area contributed by atoms with Gasteiger partial charge in [-0.2, -0.15) is 18.0 Å². The maximum absolute atomic E-state index is 12.3. The first kappa shape index (κ1) is 12.4. The zero-order valence-electron chi connectivity index (χ0n) is 8.41. The maximum atomic E-state index is 12.3. The quantitative estimate of drug-likeness (QED) is 0.718. The number of halogens is 3. The summed E-state index contributed by atoms with van der Waals surface area (Å²) in [7, 11) is 1.40. The number of aryl methyl sites for hydroxylation is 1. The third-order valence-corrected chi connectivity index (χ3v) is 1.79. The lowest BCUT2D eigenvalue weighted by Gasteiger charge is -2.25. The van der Waals surface area contributed by atoms with Gasteiger partial charge in [-0.1, -0.05) is 5.10 Å². The van der Waals surface area contributed by atoms with Crippen LogP contribution < -0.4 is 11.1 Å². The van der Waals surface area contributed by atoms with E-state index in [-0.39, 0.29) is 5.95 Å². The number of aromatic nitrogens is 4. The summed E-state index contributed by atoms with van der Waals surface area (Å²) in [6.45, 7) is 0.554. The van der Waals surface area contributed by atoms with Crippen molar-refractivity contribution in [3.63, 3.8) is 0 Å². The number of nitrogens with one attached hydrogen (secondary N) is 1. The molecule has 3 N–H and O–H groups in total. The Morgan fingerprint density at radius 2 is 2.06 bits per heavy atom. The Hall–Kier alpha value is -1.71. The van der Waals surface area contributed by atoms with Crippen molar-refractivity contribution in [2.45, 2.75) is 18.6 Å². The third kappa shape index (κ3) is 2.27. The number of tetrazole rings is 1. The standard InChI is InChI=1S/C6H9F3N6O/c1-5(10,6(7,8)9)3(16)11-4-12-14-15(2)13-4/h10H2,1-2H3,(H,11,13,16). The second-order valence-corrected chi connectivity index (χ2v) is 3.26. The minimum atomic E-state index is -4.86. The molecular formula is C6H9F3N6O. The highest BCUT2D eigenvalue weighted by atomic mass is 19.4. The number of hydrogen-bond donors (Lipinski definition) is 2. The summed E-state index contributed by atoms with van der Waals surface area (Å²) in [5.41, 5.74) is 1.86.